The van der Waals surface area contributed by atoms with E-state index in [-0.39, 0.29) is 11.4 Å². The largest absolute Gasteiger partial charge is 0.469 e. The summed E-state index contributed by atoms with van der Waals surface area (Å²) in [5.74, 6) is -1.19. The molecule has 0 saturated carbocycles. The molecule has 0 unspecified atom stereocenters. The lowest BCUT2D eigenvalue weighted by molar-refractivity contribution is -0.142. The van der Waals surface area contributed by atoms with Crippen LogP contribution in [0.25, 0.3) is 0 Å². The molecular weight excluding hydrogens is 296 g/mol. The number of benzene rings is 1. The van der Waals surface area contributed by atoms with Gasteiger partial charge >= 0.3 is 5.97 Å². The Bertz CT molecular complexity index is 622. The molecule has 0 saturated heterocycles. The minimum atomic E-state index is -3.60. The Balaban J connectivity index is 2.72. The predicted octanol–water partition coefficient (Wildman–Crippen LogP) is 0.652. The van der Waals surface area contributed by atoms with Crippen molar-refractivity contribution in [2.45, 2.75) is 11.3 Å². The summed E-state index contributed by atoms with van der Waals surface area (Å²) in [5, 5.41) is 2.46. The lowest BCUT2D eigenvalue weighted by atomic mass is 10.3. The molecule has 1 aromatic rings. The highest BCUT2D eigenvalue weighted by Crippen LogP contribution is 2.14. The number of nitrogens with one attached hydrogen (secondary N) is 2. The molecule has 1 aromatic carbocycles. The Kier molecular flexibility index (Phi) is 6.07. The summed E-state index contributed by atoms with van der Waals surface area (Å²) in [6.45, 7) is 3.55. The molecule has 0 spiro atoms. The van der Waals surface area contributed by atoms with E-state index in [2.05, 4.69) is 21.4 Å². The maximum Gasteiger partial charge on any atom is 0.315 e. The van der Waals surface area contributed by atoms with Gasteiger partial charge in [0.2, 0.25) is 15.9 Å². The molecule has 0 bridgehead atoms. The molecule has 0 aliphatic carbocycles. The molecule has 114 valence electrons. The van der Waals surface area contributed by atoms with Gasteiger partial charge in [0.25, 0.3) is 0 Å². The van der Waals surface area contributed by atoms with Crippen molar-refractivity contribution < 1.29 is 22.7 Å². The third kappa shape index (κ3) is 5.36. The van der Waals surface area contributed by atoms with Crippen LogP contribution in [-0.2, 0) is 24.3 Å². The Hall–Kier alpha value is -2.19. The summed E-state index contributed by atoms with van der Waals surface area (Å²) in [6.07, 6.45) is 1.02. The molecular formula is C13H16N2O5S. The molecule has 0 heterocycles. The highest BCUT2D eigenvalue weighted by molar-refractivity contribution is 7.89. The van der Waals surface area contributed by atoms with E-state index in [9.17, 15) is 18.0 Å². The van der Waals surface area contributed by atoms with Crippen molar-refractivity contribution >= 4 is 27.6 Å². The fraction of sp³-hybridized carbons (Fsp3) is 0.231. The molecule has 0 atom stereocenters. The molecule has 0 fully saturated rings. The van der Waals surface area contributed by atoms with Crippen LogP contribution >= 0.6 is 0 Å². The van der Waals surface area contributed by atoms with Crippen molar-refractivity contribution in [2.75, 3.05) is 19.0 Å². The van der Waals surface area contributed by atoms with Crippen LogP contribution in [0, 0.1) is 0 Å². The van der Waals surface area contributed by atoms with Gasteiger partial charge in [-0.2, -0.15) is 0 Å². The van der Waals surface area contributed by atoms with E-state index in [1.807, 2.05) is 0 Å². The van der Waals surface area contributed by atoms with Crippen LogP contribution in [0.2, 0.25) is 0 Å². The second-order valence-electron chi connectivity index (χ2n) is 3.97. The number of rotatable bonds is 7. The number of methoxy groups -OCH3 is 1. The first-order valence-corrected chi connectivity index (χ1v) is 7.44. The van der Waals surface area contributed by atoms with Crippen molar-refractivity contribution in [1.82, 2.24) is 4.72 Å². The average molecular weight is 312 g/mol. The van der Waals surface area contributed by atoms with Crippen LogP contribution in [0.5, 0.6) is 0 Å². The van der Waals surface area contributed by atoms with E-state index in [1.165, 1.54) is 37.5 Å². The summed E-state index contributed by atoms with van der Waals surface area (Å²) < 4.78 is 30.3. The van der Waals surface area contributed by atoms with E-state index >= 15 is 0 Å². The Labute approximate surface area is 123 Å². The number of amides is 1. The van der Waals surface area contributed by atoms with Gasteiger partial charge in [-0.15, -0.1) is 6.58 Å². The number of ether oxygens (including phenoxy) is 1. The van der Waals surface area contributed by atoms with E-state index < -0.39 is 28.3 Å². The van der Waals surface area contributed by atoms with E-state index in [4.69, 9.17) is 0 Å². The van der Waals surface area contributed by atoms with E-state index in [0.29, 0.717) is 5.69 Å². The second-order valence-corrected chi connectivity index (χ2v) is 5.73. The average Bonchev–Trinajstić information content (AvgIpc) is 2.45. The molecule has 1 rings (SSSR count). The lowest BCUT2D eigenvalue weighted by Crippen LogP contribution is -2.23. The number of esters is 1. The zero-order valence-corrected chi connectivity index (χ0v) is 12.3. The molecule has 21 heavy (non-hydrogen) atoms. The van der Waals surface area contributed by atoms with Crippen LogP contribution in [0.4, 0.5) is 5.69 Å². The Morgan fingerprint density at radius 3 is 2.43 bits per heavy atom. The number of carbonyl (C=O) groups excluding carboxylic acids is 2. The minimum absolute atomic E-state index is 0.0651. The summed E-state index contributed by atoms with van der Waals surface area (Å²) in [7, 11) is -2.41. The van der Waals surface area contributed by atoms with Crippen LogP contribution < -0.4 is 10.0 Å². The van der Waals surface area contributed by atoms with Gasteiger partial charge in [-0.1, -0.05) is 6.08 Å². The normalized spacial score (nSPS) is 10.7. The van der Waals surface area contributed by atoms with Crippen molar-refractivity contribution in [3.8, 4) is 0 Å². The van der Waals surface area contributed by atoms with Gasteiger partial charge in [-0.05, 0) is 24.3 Å². The fourth-order valence-electron chi connectivity index (χ4n) is 1.38. The van der Waals surface area contributed by atoms with E-state index in [0.717, 1.165) is 0 Å². The SMILES string of the molecule is C=CCNS(=O)(=O)c1ccc(NC(=O)CC(=O)OC)cc1. The van der Waals surface area contributed by atoms with Gasteiger partial charge in [-0.25, -0.2) is 13.1 Å². The minimum Gasteiger partial charge on any atom is -0.469 e. The van der Waals surface area contributed by atoms with Crippen LogP contribution in [-0.4, -0.2) is 33.9 Å². The van der Waals surface area contributed by atoms with Gasteiger partial charge in [0.15, 0.2) is 0 Å². The van der Waals surface area contributed by atoms with Crippen molar-refractivity contribution in [3.63, 3.8) is 0 Å². The molecule has 8 heteroatoms. The van der Waals surface area contributed by atoms with Gasteiger partial charge < -0.3 is 10.1 Å². The summed E-state index contributed by atoms with van der Waals surface area (Å²) in [4.78, 5) is 22.4. The molecule has 0 aliphatic rings. The summed E-state index contributed by atoms with van der Waals surface area (Å²) in [6, 6.07) is 5.55. The molecule has 1 amide bonds. The predicted molar refractivity (Wildman–Crippen MR) is 77.1 cm³/mol. The monoisotopic (exact) mass is 312 g/mol. The lowest BCUT2D eigenvalue weighted by Gasteiger charge is -2.07. The molecule has 2 N–H and O–H groups in total. The zero-order valence-electron chi connectivity index (χ0n) is 11.5. The zero-order chi connectivity index (χ0) is 15.9. The first-order valence-electron chi connectivity index (χ1n) is 5.96. The Morgan fingerprint density at radius 1 is 1.29 bits per heavy atom. The second kappa shape index (κ2) is 7.55. The molecule has 0 aromatic heterocycles. The van der Waals surface area contributed by atoms with Gasteiger partial charge in [0.1, 0.15) is 6.42 Å². The van der Waals surface area contributed by atoms with Crippen LogP contribution in [0.15, 0.2) is 41.8 Å². The summed E-state index contributed by atoms with van der Waals surface area (Å²) in [5.41, 5.74) is 0.381. The number of anilines is 1. The maximum absolute atomic E-state index is 11.8. The number of hydrogen-bond acceptors (Lipinski definition) is 5. The number of hydrogen-bond donors (Lipinski definition) is 2. The third-order valence-corrected chi connectivity index (χ3v) is 3.84. The van der Waals surface area contributed by atoms with Gasteiger partial charge in [0.05, 0.1) is 12.0 Å². The van der Waals surface area contributed by atoms with Crippen LogP contribution in [0.3, 0.4) is 0 Å². The van der Waals surface area contributed by atoms with Crippen molar-refractivity contribution in [3.05, 3.63) is 36.9 Å². The smallest absolute Gasteiger partial charge is 0.315 e. The highest BCUT2D eigenvalue weighted by atomic mass is 32.2. The third-order valence-electron chi connectivity index (χ3n) is 2.40. The first-order chi connectivity index (χ1) is 9.89. The molecule has 0 aliphatic heterocycles. The van der Waals surface area contributed by atoms with Crippen molar-refractivity contribution in [1.29, 1.82) is 0 Å². The highest BCUT2D eigenvalue weighted by Gasteiger charge is 2.13. The fourth-order valence-corrected chi connectivity index (χ4v) is 2.38. The van der Waals surface area contributed by atoms with Gasteiger partial charge in [0, 0.05) is 12.2 Å². The standard InChI is InChI=1S/C13H16N2O5S/c1-3-8-14-21(18,19)11-6-4-10(5-7-11)15-12(16)9-13(17)20-2/h3-7,14H,1,8-9H2,2H3,(H,15,16). The Morgan fingerprint density at radius 2 is 1.90 bits per heavy atom. The van der Waals surface area contributed by atoms with Crippen molar-refractivity contribution in [2.24, 2.45) is 0 Å². The summed E-state index contributed by atoms with van der Waals surface area (Å²) >= 11 is 0. The topological polar surface area (TPSA) is 102 Å². The molecule has 7 nitrogen and oxygen atoms in total. The number of sulfonamides is 1. The first kappa shape index (κ1) is 16.9. The van der Waals surface area contributed by atoms with E-state index in [1.54, 1.807) is 0 Å². The van der Waals surface area contributed by atoms with Gasteiger partial charge in [-0.3, -0.25) is 9.59 Å². The quantitative estimate of drug-likeness (QED) is 0.437. The maximum atomic E-state index is 11.8. The molecule has 0 radical (unpaired) electrons. The van der Waals surface area contributed by atoms with Crippen LogP contribution in [0.1, 0.15) is 6.42 Å². The number of carbonyl (C=O) groups is 2.